The topological polar surface area (TPSA) is 129 Å². The summed E-state index contributed by atoms with van der Waals surface area (Å²) >= 11 is 1.36. The fourth-order valence-electron chi connectivity index (χ4n) is 5.15. The maximum absolute atomic E-state index is 15.0. The van der Waals surface area contributed by atoms with Crippen molar-refractivity contribution in [1.29, 1.82) is 0 Å². The number of carbonyl (C=O) groups excluding carboxylic acids is 3. The Balaban J connectivity index is 1.89. The molecule has 0 fully saturated rings. The molecule has 0 saturated heterocycles. The molecule has 14 heteroatoms. The smallest absolute Gasteiger partial charge is 0.407 e. The minimum atomic E-state index is -1.32. The van der Waals surface area contributed by atoms with Gasteiger partial charge in [-0.15, -0.1) is 0 Å². The minimum Gasteiger partial charge on any atom is -0.450 e. The van der Waals surface area contributed by atoms with E-state index in [9.17, 15) is 18.8 Å². The van der Waals surface area contributed by atoms with E-state index in [1.807, 2.05) is 55.7 Å². The molecule has 0 spiro atoms. The largest absolute Gasteiger partial charge is 0.450 e. The van der Waals surface area contributed by atoms with Crippen LogP contribution in [0, 0.1) is 17.0 Å². The number of nitrogens with two attached hydrogens (primary N) is 1. The highest BCUT2D eigenvalue weighted by molar-refractivity contribution is 7.99. The summed E-state index contributed by atoms with van der Waals surface area (Å²) in [7, 11) is -1.32. The molecule has 3 aromatic rings. The fraction of sp³-hybridized carbons (Fsp3) is 0.486. The molecule has 10 nitrogen and oxygen atoms in total. The number of benzene rings is 2. The fourth-order valence-corrected chi connectivity index (χ4v) is 6.59. The van der Waals surface area contributed by atoms with Gasteiger partial charge in [-0.25, -0.2) is 23.4 Å². The van der Waals surface area contributed by atoms with E-state index in [1.54, 1.807) is 11.1 Å². The molecule has 1 heterocycles. The lowest BCUT2D eigenvalue weighted by atomic mass is 9.84. The van der Waals surface area contributed by atoms with Crippen LogP contribution < -0.4 is 11.1 Å². The second-order valence-electron chi connectivity index (χ2n) is 14.0. The SMILES string of the molecule is CC(C)(C)[C@H](c1nc(-c2cc(F)ccc2F)cn1Cc1ccccc1)N(CCCOC(N)=O)C(=O)CSCCNC(=O)OCC[Si](C)(C)C. The zero-order chi connectivity index (χ0) is 36.2. The summed E-state index contributed by atoms with van der Waals surface area (Å²) in [5.74, 6) is -0.354. The third-order valence-electron chi connectivity index (χ3n) is 7.52. The zero-order valence-electron chi connectivity index (χ0n) is 29.3. The van der Waals surface area contributed by atoms with E-state index < -0.39 is 43.4 Å². The Kier molecular flexibility index (Phi) is 14.7. The number of halogens is 2. The van der Waals surface area contributed by atoms with Crippen LogP contribution in [0.1, 0.15) is 44.6 Å². The zero-order valence-corrected chi connectivity index (χ0v) is 31.1. The maximum Gasteiger partial charge on any atom is 0.407 e. The Morgan fingerprint density at radius 2 is 1.78 bits per heavy atom. The van der Waals surface area contributed by atoms with Crippen LogP contribution in [0.3, 0.4) is 0 Å². The summed E-state index contributed by atoms with van der Waals surface area (Å²) in [6, 6.07) is 13.1. The lowest BCUT2D eigenvalue weighted by Gasteiger charge is -2.40. The van der Waals surface area contributed by atoms with Crippen molar-refractivity contribution in [1.82, 2.24) is 19.8 Å². The van der Waals surface area contributed by atoms with Crippen LogP contribution in [0.4, 0.5) is 18.4 Å². The summed E-state index contributed by atoms with van der Waals surface area (Å²) in [5, 5.41) is 2.73. The van der Waals surface area contributed by atoms with Crippen molar-refractivity contribution in [2.24, 2.45) is 11.1 Å². The van der Waals surface area contributed by atoms with Gasteiger partial charge in [-0.05, 0) is 41.6 Å². The summed E-state index contributed by atoms with van der Waals surface area (Å²) < 4.78 is 41.4. The van der Waals surface area contributed by atoms with Gasteiger partial charge in [0.25, 0.3) is 0 Å². The van der Waals surface area contributed by atoms with E-state index in [-0.39, 0.29) is 36.1 Å². The van der Waals surface area contributed by atoms with Crippen LogP contribution in [-0.2, 0) is 20.8 Å². The van der Waals surface area contributed by atoms with Crippen molar-refractivity contribution in [3.63, 3.8) is 0 Å². The third kappa shape index (κ3) is 13.1. The molecule has 0 bridgehead atoms. The molecular formula is C35H49F2N5O5SSi. The predicted molar refractivity (Wildman–Crippen MR) is 192 cm³/mol. The Hall–Kier alpha value is -3.91. The number of nitrogens with zero attached hydrogens (tertiary/aromatic N) is 3. The number of hydrogen-bond donors (Lipinski definition) is 2. The molecule has 2 aromatic carbocycles. The molecule has 0 unspecified atom stereocenters. The van der Waals surface area contributed by atoms with E-state index in [0.29, 0.717) is 37.7 Å². The normalized spacial score (nSPS) is 12.3. The monoisotopic (exact) mass is 717 g/mol. The number of aromatic nitrogens is 2. The van der Waals surface area contributed by atoms with Crippen molar-refractivity contribution >= 4 is 37.9 Å². The molecule has 0 saturated carbocycles. The minimum absolute atomic E-state index is 0.00502. The van der Waals surface area contributed by atoms with Crippen molar-refractivity contribution in [2.45, 2.75) is 65.5 Å². The lowest BCUT2D eigenvalue weighted by Crippen LogP contribution is -2.44. The molecule has 268 valence electrons. The van der Waals surface area contributed by atoms with Gasteiger partial charge < -0.3 is 30.0 Å². The van der Waals surface area contributed by atoms with E-state index in [1.165, 1.54) is 11.8 Å². The van der Waals surface area contributed by atoms with Gasteiger partial charge in [0.15, 0.2) is 0 Å². The number of imidazole rings is 1. The second kappa shape index (κ2) is 18.2. The third-order valence-corrected chi connectivity index (χ3v) is 10.2. The van der Waals surface area contributed by atoms with Crippen LogP contribution in [0.2, 0.25) is 25.7 Å². The van der Waals surface area contributed by atoms with Crippen LogP contribution in [0.5, 0.6) is 0 Å². The summed E-state index contributed by atoms with van der Waals surface area (Å²) in [6.07, 6.45) is 0.597. The van der Waals surface area contributed by atoms with Gasteiger partial charge in [0.05, 0.1) is 30.7 Å². The number of carbonyl (C=O) groups is 3. The van der Waals surface area contributed by atoms with Gasteiger partial charge >= 0.3 is 12.2 Å². The number of hydrogen-bond acceptors (Lipinski definition) is 7. The summed E-state index contributed by atoms with van der Waals surface area (Å²) in [4.78, 5) is 43.9. The number of amides is 3. The number of thioether (sulfide) groups is 1. The number of nitrogens with one attached hydrogen (secondary N) is 1. The lowest BCUT2D eigenvalue weighted by molar-refractivity contribution is -0.133. The first-order valence-electron chi connectivity index (χ1n) is 16.3. The molecule has 49 heavy (non-hydrogen) atoms. The average molecular weight is 718 g/mol. The van der Waals surface area contributed by atoms with E-state index in [2.05, 4.69) is 25.0 Å². The van der Waals surface area contributed by atoms with Crippen LogP contribution in [0.25, 0.3) is 11.3 Å². The van der Waals surface area contributed by atoms with Gasteiger partial charge in [-0.3, -0.25) is 4.79 Å². The highest BCUT2D eigenvalue weighted by Gasteiger charge is 2.38. The Morgan fingerprint density at radius 3 is 2.43 bits per heavy atom. The Labute approximate surface area is 293 Å². The number of rotatable bonds is 17. The first kappa shape index (κ1) is 39.5. The highest BCUT2D eigenvalue weighted by Crippen LogP contribution is 2.40. The van der Waals surface area contributed by atoms with Gasteiger partial charge in [0.2, 0.25) is 5.91 Å². The molecule has 3 amide bonds. The first-order chi connectivity index (χ1) is 23.0. The molecule has 1 aromatic heterocycles. The van der Waals surface area contributed by atoms with Gasteiger partial charge in [-0.2, -0.15) is 11.8 Å². The van der Waals surface area contributed by atoms with Gasteiger partial charge in [0.1, 0.15) is 17.5 Å². The van der Waals surface area contributed by atoms with Crippen molar-refractivity contribution in [2.75, 3.05) is 37.8 Å². The van der Waals surface area contributed by atoms with Crippen LogP contribution >= 0.6 is 11.8 Å². The van der Waals surface area contributed by atoms with Gasteiger partial charge in [-0.1, -0.05) is 70.7 Å². The molecule has 3 N–H and O–H groups in total. The van der Waals surface area contributed by atoms with Gasteiger partial charge in [0, 0.05) is 45.2 Å². The van der Waals surface area contributed by atoms with Crippen molar-refractivity contribution in [3.8, 4) is 11.3 Å². The average Bonchev–Trinajstić information content (AvgIpc) is 3.40. The molecule has 0 aliphatic rings. The molecule has 1 atom stereocenters. The summed E-state index contributed by atoms with van der Waals surface area (Å²) in [6.45, 7) is 13.8. The molecular weight excluding hydrogens is 669 g/mol. The van der Waals surface area contributed by atoms with Crippen LogP contribution in [-0.4, -0.2) is 78.4 Å². The Bertz CT molecular complexity index is 1550. The predicted octanol–water partition coefficient (Wildman–Crippen LogP) is 7.08. The summed E-state index contributed by atoms with van der Waals surface area (Å²) in [5.41, 5.74) is 5.79. The highest BCUT2D eigenvalue weighted by atomic mass is 32.2. The molecule has 0 aliphatic carbocycles. The Morgan fingerprint density at radius 1 is 1.06 bits per heavy atom. The van der Waals surface area contributed by atoms with E-state index >= 15 is 4.39 Å². The van der Waals surface area contributed by atoms with Crippen molar-refractivity contribution < 1.29 is 32.6 Å². The number of alkyl carbamates (subject to hydrolysis) is 1. The van der Waals surface area contributed by atoms with E-state index in [0.717, 1.165) is 29.8 Å². The molecule has 3 rings (SSSR count). The standard InChI is InChI=1S/C35H49F2N5O5SSi/c1-35(2,3)31(32-40-29(27-21-26(36)13-14-28(27)37)23-41(32)22-25-11-8-7-9-12-25)42(16-10-17-46-33(38)44)30(43)24-48-19-15-39-34(45)47-18-20-49(4,5)6/h7-9,11-14,21,23,31H,10,15-20,22,24H2,1-6H3,(H2,38,44)(H,39,45)/t31-/m0/s1. The van der Waals surface area contributed by atoms with E-state index in [4.69, 9.17) is 20.2 Å². The molecule has 0 aliphatic heterocycles. The van der Waals surface area contributed by atoms with Crippen LogP contribution in [0.15, 0.2) is 54.7 Å². The van der Waals surface area contributed by atoms with Crippen molar-refractivity contribution in [3.05, 3.63) is 77.8 Å². The second-order valence-corrected chi connectivity index (χ2v) is 20.8. The molecule has 0 radical (unpaired) electrons. The number of primary amides is 1. The maximum atomic E-state index is 15.0. The first-order valence-corrected chi connectivity index (χ1v) is 21.2. The quantitative estimate of drug-likeness (QED) is 0.113. The number of ether oxygens (including phenoxy) is 2.